The van der Waals surface area contributed by atoms with Crippen molar-refractivity contribution in [3.05, 3.63) is 52.4 Å². The Morgan fingerprint density at radius 2 is 2.33 bits per heavy atom. The van der Waals surface area contributed by atoms with E-state index in [9.17, 15) is 9.18 Å². The van der Waals surface area contributed by atoms with Gasteiger partial charge < -0.3 is 4.57 Å². The number of carbonyl (C=O) groups excluding carboxylic acids is 1. The van der Waals surface area contributed by atoms with Crippen LogP contribution in [-0.2, 0) is 13.0 Å². The largest absolute Gasteiger partial charge is 0.335 e. The number of nitrogens with zero attached hydrogens (tertiary/aromatic N) is 2. The molecule has 21 heavy (non-hydrogen) atoms. The molecule has 0 saturated carbocycles. The van der Waals surface area contributed by atoms with E-state index < -0.39 is 0 Å². The maximum absolute atomic E-state index is 13.4. The molecule has 0 unspecified atom stereocenters. The van der Waals surface area contributed by atoms with E-state index in [1.165, 1.54) is 23.5 Å². The van der Waals surface area contributed by atoms with E-state index in [-0.39, 0.29) is 18.0 Å². The molecule has 0 radical (unpaired) electrons. The van der Waals surface area contributed by atoms with Gasteiger partial charge in [0.2, 0.25) is 0 Å². The quantitative estimate of drug-likeness (QED) is 0.547. The van der Waals surface area contributed by atoms with Crippen molar-refractivity contribution >= 4 is 28.0 Å². The lowest BCUT2D eigenvalue weighted by atomic mass is 10.1. The molecule has 5 heteroatoms. The number of thiazole rings is 1. The number of Topliss-reactive ketones (excluding diaryl/α,β-unsaturated/α-hetero) is 1. The van der Waals surface area contributed by atoms with E-state index in [2.05, 4.69) is 10.9 Å². The predicted molar refractivity (Wildman–Crippen MR) is 80.9 cm³/mol. The molecule has 0 aliphatic carbocycles. The summed E-state index contributed by atoms with van der Waals surface area (Å²) in [6.07, 6.45) is 8.93. The third-order valence-electron chi connectivity index (χ3n) is 3.20. The third-order valence-corrected chi connectivity index (χ3v) is 3.98. The van der Waals surface area contributed by atoms with Crippen LogP contribution in [0.15, 0.2) is 36.0 Å². The molecule has 1 aromatic carbocycles. The van der Waals surface area contributed by atoms with Gasteiger partial charge in [-0.15, -0.1) is 17.8 Å². The Morgan fingerprint density at radius 3 is 3.05 bits per heavy atom. The Hall–Kier alpha value is -2.45. The Labute approximate surface area is 125 Å². The number of carbonyl (C=O) groups is 1. The molecule has 3 aromatic rings. The van der Waals surface area contributed by atoms with Crippen LogP contribution < -0.4 is 0 Å². The number of terminal acetylenes is 1. The second-order valence-corrected chi connectivity index (χ2v) is 5.54. The van der Waals surface area contributed by atoms with E-state index in [1.54, 1.807) is 23.0 Å². The van der Waals surface area contributed by atoms with Gasteiger partial charge in [0.1, 0.15) is 10.8 Å². The van der Waals surface area contributed by atoms with Crippen molar-refractivity contribution in [3.63, 3.8) is 0 Å². The van der Waals surface area contributed by atoms with Crippen LogP contribution in [-0.4, -0.2) is 15.3 Å². The molecule has 104 valence electrons. The van der Waals surface area contributed by atoms with Gasteiger partial charge in [-0.2, -0.15) is 0 Å². The highest BCUT2D eigenvalue weighted by atomic mass is 32.1. The van der Waals surface area contributed by atoms with Gasteiger partial charge in [-0.1, -0.05) is 5.92 Å². The van der Waals surface area contributed by atoms with Crippen LogP contribution >= 0.6 is 11.3 Å². The number of fused-ring (bicyclic) bond motifs is 1. The summed E-state index contributed by atoms with van der Waals surface area (Å²) in [7, 11) is 0. The van der Waals surface area contributed by atoms with Crippen LogP contribution in [0.1, 0.15) is 15.4 Å². The maximum Gasteiger partial charge on any atom is 0.171 e. The highest BCUT2D eigenvalue weighted by Crippen LogP contribution is 2.24. The van der Waals surface area contributed by atoms with Crippen LogP contribution in [0.25, 0.3) is 10.9 Å². The molecular formula is C16H11FN2OS. The van der Waals surface area contributed by atoms with E-state index in [1.807, 2.05) is 5.38 Å². The average molecular weight is 298 g/mol. The molecule has 0 amide bonds. The van der Waals surface area contributed by atoms with Gasteiger partial charge in [0.15, 0.2) is 5.78 Å². The monoisotopic (exact) mass is 298 g/mol. The van der Waals surface area contributed by atoms with E-state index >= 15 is 0 Å². The molecular weight excluding hydrogens is 287 g/mol. The molecule has 0 fully saturated rings. The van der Waals surface area contributed by atoms with Gasteiger partial charge in [0.25, 0.3) is 0 Å². The molecule has 3 nitrogen and oxygen atoms in total. The van der Waals surface area contributed by atoms with Gasteiger partial charge in [-0.3, -0.25) is 4.79 Å². The first-order chi connectivity index (χ1) is 10.2. The maximum atomic E-state index is 13.4. The molecule has 0 N–H and O–H groups in total. The van der Waals surface area contributed by atoms with E-state index in [0.29, 0.717) is 23.0 Å². The van der Waals surface area contributed by atoms with Gasteiger partial charge >= 0.3 is 0 Å². The molecule has 0 atom stereocenters. The number of rotatable bonds is 4. The first-order valence-corrected chi connectivity index (χ1v) is 7.20. The van der Waals surface area contributed by atoms with Crippen molar-refractivity contribution in [2.45, 2.75) is 13.0 Å². The second-order valence-electron chi connectivity index (χ2n) is 4.56. The van der Waals surface area contributed by atoms with Crippen molar-refractivity contribution in [1.29, 1.82) is 0 Å². The lowest BCUT2D eigenvalue weighted by molar-refractivity contribution is 0.0994. The molecule has 0 saturated heterocycles. The predicted octanol–water partition coefficient (Wildman–Crippen LogP) is 3.30. The van der Waals surface area contributed by atoms with Crippen LogP contribution in [0, 0.1) is 18.2 Å². The lowest BCUT2D eigenvalue weighted by Crippen LogP contribution is -2.02. The molecule has 0 bridgehead atoms. The summed E-state index contributed by atoms with van der Waals surface area (Å²) in [4.78, 5) is 16.6. The number of hydrogen-bond acceptors (Lipinski definition) is 3. The third kappa shape index (κ3) is 2.58. The zero-order valence-electron chi connectivity index (χ0n) is 11.0. The van der Waals surface area contributed by atoms with Crippen molar-refractivity contribution in [1.82, 2.24) is 9.55 Å². The summed E-state index contributed by atoms with van der Waals surface area (Å²) >= 11 is 1.44. The zero-order valence-corrected chi connectivity index (χ0v) is 11.9. The summed E-state index contributed by atoms with van der Waals surface area (Å²) in [6, 6.07) is 4.36. The fourth-order valence-corrected chi connectivity index (χ4v) is 2.90. The minimum absolute atomic E-state index is 0.0441. The fraction of sp³-hybridized carbons (Fsp3) is 0.125. The summed E-state index contributed by atoms with van der Waals surface area (Å²) in [5.74, 6) is 2.12. The van der Waals surface area contributed by atoms with Gasteiger partial charge in [0.05, 0.1) is 18.5 Å². The van der Waals surface area contributed by atoms with Crippen LogP contribution in [0.3, 0.4) is 0 Å². The summed E-state index contributed by atoms with van der Waals surface area (Å²) in [5, 5.41) is 3.31. The standard InChI is InChI=1S/C16H11FN2OS/c1-2-6-19-10-13(12-4-3-11(17)8-14(12)19)15(20)9-16-18-5-7-21-16/h1,3-5,7-8,10H,6,9H2. The summed E-state index contributed by atoms with van der Waals surface area (Å²) in [6.45, 7) is 0.296. The SMILES string of the molecule is C#CCn1cc(C(=O)Cc2nccs2)c2ccc(F)cc21. The number of ketones is 1. The molecule has 2 heterocycles. The number of halogens is 1. The number of aromatic nitrogens is 2. The van der Waals surface area contributed by atoms with Crippen LogP contribution in [0.4, 0.5) is 4.39 Å². The molecule has 0 spiro atoms. The lowest BCUT2D eigenvalue weighted by Gasteiger charge is -1.98. The van der Waals surface area contributed by atoms with Gasteiger partial charge in [0, 0.05) is 28.7 Å². The van der Waals surface area contributed by atoms with Crippen molar-refractivity contribution < 1.29 is 9.18 Å². The van der Waals surface area contributed by atoms with Crippen molar-refractivity contribution in [3.8, 4) is 12.3 Å². The van der Waals surface area contributed by atoms with E-state index in [0.717, 1.165) is 5.01 Å². The second kappa shape index (κ2) is 5.51. The Kier molecular flexibility index (Phi) is 3.55. The minimum atomic E-state index is -0.349. The highest BCUT2D eigenvalue weighted by molar-refractivity contribution is 7.09. The summed E-state index contributed by atoms with van der Waals surface area (Å²) in [5.41, 5.74) is 1.19. The number of benzene rings is 1. The molecule has 2 aromatic heterocycles. The first kappa shape index (κ1) is 13.5. The molecule has 0 aliphatic heterocycles. The molecule has 0 aliphatic rings. The van der Waals surface area contributed by atoms with E-state index in [4.69, 9.17) is 6.42 Å². The van der Waals surface area contributed by atoms with Gasteiger partial charge in [-0.25, -0.2) is 9.37 Å². The topological polar surface area (TPSA) is 34.9 Å². The normalized spacial score (nSPS) is 10.7. The zero-order chi connectivity index (χ0) is 14.8. The average Bonchev–Trinajstić information content (AvgIpc) is 3.07. The summed E-state index contributed by atoms with van der Waals surface area (Å²) < 4.78 is 15.1. The van der Waals surface area contributed by atoms with Gasteiger partial charge in [-0.05, 0) is 18.2 Å². The van der Waals surface area contributed by atoms with Crippen molar-refractivity contribution in [2.75, 3.05) is 0 Å². The fourth-order valence-electron chi connectivity index (χ4n) is 2.29. The van der Waals surface area contributed by atoms with Crippen molar-refractivity contribution in [2.24, 2.45) is 0 Å². The first-order valence-electron chi connectivity index (χ1n) is 6.32. The Bertz CT molecular complexity index is 843. The Balaban J connectivity index is 2.06. The Morgan fingerprint density at radius 1 is 1.48 bits per heavy atom. The van der Waals surface area contributed by atoms with Crippen LogP contribution in [0.5, 0.6) is 0 Å². The van der Waals surface area contributed by atoms with Crippen LogP contribution in [0.2, 0.25) is 0 Å². The smallest absolute Gasteiger partial charge is 0.171 e. The number of hydrogen-bond donors (Lipinski definition) is 0. The minimum Gasteiger partial charge on any atom is -0.335 e. The molecule has 3 rings (SSSR count). The highest BCUT2D eigenvalue weighted by Gasteiger charge is 2.16.